The van der Waals surface area contributed by atoms with Gasteiger partial charge < -0.3 is 0 Å². The quantitative estimate of drug-likeness (QED) is 0.395. The molecule has 3 aromatic rings. The van der Waals surface area contributed by atoms with Crippen molar-refractivity contribution in [1.82, 2.24) is 9.55 Å². The largest absolute Gasteiger partial charge is 0.285 e. The van der Waals surface area contributed by atoms with Crippen LogP contribution in [0.1, 0.15) is 16.2 Å². The molecule has 0 amide bonds. The highest BCUT2D eigenvalue weighted by Gasteiger charge is 2.32. The highest BCUT2D eigenvalue weighted by Crippen LogP contribution is 2.29. The maximum atomic E-state index is 13.8. The van der Waals surface area contributed by atoms with Crippen LogP contribution in [0.5, 0.6) is 0 Å². The monoisotopic (exact) mass is 311 g/mol. The Hall–Kier alpha value is -3.42. The molecule has 1 aliphatic rings. The number of hydrogen-bond donors (Lipinski definition) is 0. The van der Waals surface area contributed by atoms with Gasteiger partial charge in [-0.2, -0.15) is 0 Å². The molecule has 1 aliphatic heterocycles. The zero-order valence-electron chi connectivity index (χ0n) is 11.3. The Morgan fingerprint density at radius 2 is 1.96 bits per heavy atom. The maximum absolute atomic E-state index is 13.8. The summed E-state index contributed by atoms with van der Waals surface area (Å²) in [6.07, 6.45) is 0. The van der Waals surface area contributed by atoms with Gasteiger partial charge in [-0.05, 0) is 18.2 Å². The van der Waals surface area contributed by atoms with Crippen LogP contribution in [0, 0.1) is 15.9 Å². The highest BCUT2D eigenvalue weighted by atomic mass is 19.1. The first kappa shape index (κ1) is 13.3. The van der Waals surface area contributed by atoms with Gasteiger partial charge in [0.15, 0.2) is 5.82 Å². The molecule has 0 saturated carbocycles. The van der Waals surface area contributed by atoms with E-state index in [4.69, 9.17) is 0 Å². The first-order valence-electron chi connectivity index (χ1n) is 6.54. The van der Waals surface area contributed by atoms with Crippen molar-refractivity contribution in [2.45, 2.75) is 0 Å². The van der Waals surface area contributed by atoms with Crippen LogP contribution >= 0.6 is 0 Å². The lowest BCUT2D eigenvalue weighted by atomic mass is 10.1. The first-order valence-corrected chi connectivity index (χ1v) is 6.54. The van der Waals surface area contributed by atoms with Crippen molar-refractivity contribution >= 4 is 22.4 Å². The Labute approximate surface area is 126 Å². The molecular formula is C15H6FN3O4. The van der Waals surface area contributed by atoms with Crippen molar-refractivity contribution in [2.75, 3.05) is 0 Å². The number of hydrogen-bond acceptors (Lipinski definition) is 5. The second-order valence-electron chi connectivity index (χ2n) is 5.00. The Bertz CT molecular complexity index is 1100. The number of carbonyl (C=O) groups excluding carboxylic acids is 1. The average Bonchev–Trinajstić information content (AvgIpc) is 2.81. The molecule has 0 atom stereocenters. The summed E-state index contributed by atoms with van der Waals surface area (Å²) in [6.45, 7) is 0. The fourth-order valence-corrected chi connectivity index (χ4v) is 2.68. The molecule has 23 heavy (non-hydrogen) atoms. The predicted octanol–water partition coefficient (Wildman–Crippen LogP) is 1.98. The highest BCUT2D eigenvalue weighted by molar-refractivity contribution is 6.13. The van der Waals surface area contributed by atoms with Crippen molar-refractivity contribution in [3.63, 3.8) is 0 Å². The SMILES string of the molecule is O=C1c2cc([N+](=O)[O-])ccc2-n2c1nc1c(F)cccc1c2=O. The minimum Gasteiger partial charge on any atom is -0.285 e. The Morgan fingerprint density at radius 1 is 1.17 bits per heavy atom. The van der Waals surface area contributed by atoms with E-state index in [9.17, 15) is 24.1 Å². The number of benzene rings is 2. The molecule has 0 radical (unpaired) electrons. The average molecular weight is 311 g/mol. The van der Waals surface area contributed by atoms with Crippen LogP contribution in [0.4, 0.5) is 10.1 Å². The zero-order valence-corrected chi connectivity index (χ0v) is 11.3. The molecule has 0 fully saturated rings. The lowest BCUT2D eigenvalue weighted by molar-refractivity contribution is -0.384. The van der Waals surface area contributed by atoms with Crippen molar-refractivity contribution < 1.29 is 14.1 Å². The summed E-state index contributed by atoms with van der Waals surface area (Å²) in [5, 5.41) is 10.9. The summed E-state index contributed by atoms with van der Waals surface area (Å²) in [5.74, 6) is -1.60. The van der Waals surface area contributed by atoms with Crippen molar-refractivity contribution in [1.29, 1.82) is 0 Å². The molecule has 0 aliphatic carbocycles. The minimum atomic E-state index is -0.710. The third-order valence-electron chi connectivity index (χ3n) is 3.73. The van der Waals surface area contributed by atoms with Crippen LogP contribution in [-0.4, -0.2) is 20.3 Å². The molecule has 8 heteroatoms. The van der Waals surface area contributed by atoms with Gasteiger partial charge in [-0.1, -0.05) is 6.07 Å². The van der Waals surface area contributed by atoms with Gasteiger partial charge in [0.2, 0.25) is 5.78 Å². The van der Waals surface area contributed by atoms with E-state index in [0.717, 1.165) is 16.7 Å². The number of nitrogens with zero attached hydrogens (tertiary/aromatic N) is 3. The summed E-state index contributed by atoms with van der Waals surface area (Å²) in [6, 6.07) is 7.53. The second kappa shape index (κ2) is 4.29. The van der Waals surface area contributed by atoms with Crippen LogP contribution < -0.4 is 5.56 Å². The van der Waals surface area contributed by atoms with E-state index < -0.39 is 22.1 Å². The molecule has 7 nitrogen and oxygen atoms in total. The smallest absolute Gasteiger partial charge is 0.270 e. The Kier molecular flexibility index (Phi) is 2.47. The summed E-state index contributed by atoms with van der Waals surface area (Å²) in [5.41, 5.74) is -0.850. The van der Waals surface area contributed by atoms with E-state index in [1.54, 1.807) is 0 Å². The number of ketones is 1. The van der Waals surface area contributed by atoms with E-state index in [2.05, 4.69) is 4.98 Å². The van der Waals surface area contributed by atoms with E-state index >= 15 is 0 Å². The number of fused-ring (bicyclic) bond motifs is 4. The van der Waals surface area contributed by atoms with Gasteiger partial charge in [0.25, 0.3) is 11.2 Å². The standard InChI is InChI=1S/C15H6FN3O4/c16-10-3-1-2-8-12(10)17-14-13(20)9-6-7(19(22)23)4-5-11(9)18(14)15(8)21/h1-6H. The van der Waals surface area contributed by atoms with Crippen LogP contribution in [0.3, 0.4) is 0 Å². The predicted molar refractivity (Wildman–Crippen MR) is 77.4 cm³/mol. The van der Waals surface area contributed by atoms with Gasteiger partial charge >= 0.3 is 0 Å². The number of rotatable bonds is 1. The molecular weight excluding hydrogens is 305 g/mol. The van der Waals surface area contributed by atoms with Crippen LogP contribution in [0.15, 0.2) is 41.2 Å². The van der Waals surface area contributed by atoms with Crippen molar-refractivity contribution in [3.05, 3.63) is 74.1 Å². The molecule has 4 rings (SSSR count). The molecule has 0 bridgehead atoms. The molecule has 2 aromatic carbocycles. The van der Waals surface area contributed by atoms with Crippen molar-refractivity contribution in [2.24, 2.45) is 0 Å². The van der Waals surface area contributed by atoms with Crippen molar-refractivity contribution in [3.8, 4) is 5.69 Å². The number of aromatic nitrogens is 2. The molecule has 2 heterocycles. The lowest BCUT2D eigenvalue weighted by Crippen LogP contribution is -2.21. The number of nitro groups is 1. The van der Waals surface area contributed by atoms with E-state index in [-0.39, 0.29) is 33.7 Å². The summed E-state index contributed by atoms with van der Waals surface area (Å²) in [4.78, 5) is 39.1. The lowest BCUT2D eigenvalue weighted by Gasteiger charge is -2.05. The van der Waals surface area contributed by atoms with E-state index in [0.29, 0.717) is 0 Å². The van der Waals surface area contributed by atoms with Gasteiger partial charge in [-0.3, -0.25) is 24.3 Å². The third-order valence-corrected chi connectivity index (χ3v) is 3.73. The Morgan fingerprint density at radius 3 is 2.70 bits per heavy atom. The first-order chi connectivity index (χ1) is 11.0. The summed E-state index contributed by atoms with van der Waals surface area (Å²) >= 11 is 0. The normalized spacial score (nSPS) is 12.3. The molecule has 0 N–H and O–H groups in total. The summed E-state index contributed by atoms with van der Waals surface area (Å²) in [7, 11) is 0. The number of halogens is 1. The molecule has 0 saturated heterocycles. The van der Waals surface area contributed by atoms with Gasteiger partial charge in [-0.25, -0.2) is 9.37 Å². The number of carbonyl (C=O) groups is 1. The Balaban J connectivity index is 2.11. The zero-order chi connectivity index (χ0) is 16.3. The number of nitro benzene ring substituents is 1. The molecule has 1 aromatic heterocycles. The topological polar surface area (TPSA) is 95.1 Å². The van der Waals surface area contributed by atoms with Crippen LogP contribution in [0.25, 0.3) is 16.6 Å². The summed E-state index contributed by atoms with van der Waals surface area (Å²) < 4.78 is 14.9. The fourth-order valence-electron chi connectivity index (χ4n) is 2.68. The van der Waals surface area contributed by atoms with Crippen LogP contribution in [0.2, 0.25) is 0 Å². The van der Waals surface area contributed by atoms with E-state index in [1.165, 1.54) is 24.3 Å². The van der Waals surface area contributed by atoms with Gasteiger partial charge in [0, 0.05) is 12.1 Å². The van der Waals surface area contributed by atoms with E-state index in [1.807, 2.05) is 0 Å². The third kappa shape index (κ3) is 1.65. The molecule has 0 spiro atoms. The number of non-ortho nitro benzene ring substituents is 1. The van der Waals surface area contributed by atoms with Gasteiger partial charge in [-0.15, -0.1) is 0 Å². The van der Waals surface area contributed by atoms with Crippen LogP contribution in [-0.2, 0) is 0 Å². The second-order valence-corrected chi connectivity index (χ2v) is 5.00. The molecule has 0 unspecified atom stereocenters. The maximum Gasteiger partial charge on any atom is 0.270 e. The van der Waals surface area contributed by atoms with Gasteiger partial charge in [0.1, 0.15) is 11.3 Å². The number of para-hydroxylation sites is 1. The van der Waals surface area contributed by atoms with Gasteiger partial charge in [0.05, 0.1) is 21.6 Å². The molecule has 112 valence electrons. The fraction of sp³-hybridized carbons (Fsp3) is 0. The minimum absolute atomic E-state index is 0.000450.